The van der Waals surface area contributed by atoms with Crippen molar-refractivity contribution < 1.29 is 67.5 Å². The predicted octanol–water partition coefficient (Wildman–Crippen LogP) is 4.91. The first-order valence-electron chi connectivity index (χ1n) is 22.8. The predicted molar refractivity (Wildman–Crippen MR) is 247 cm³/mol. The fourth-order valence-corrected chi connectivity index (χ4v) is 11.2. The molecule has 4 fully saturated rings. The Balaban J connectivity index is 1.16. The number of thioether (sulfide) groups is 1. The largest absolute Gasteiger partial charge is 0.495 e. The van der Waals surface area contributed by atoms with Crippen LogP contribution in [0.3, 0.4) is 0 Å². The molecule has 0 unspecified atom stereocenters. The number of nitrogens with zero attached hydrogens (tertiary/aromatic N) is 3. The summed E-state index contributed by atoms with van der Waals surface area (Å²) in [5, 5.41) is 20.8. The summed E-state index contributed by atoms with van der Waals surface area (Å²) < 4.78 is 29.6. The number of hydrogen-bond acceptors (Lipinski definition) is 14. The number of likely N-dealkylation sites (N-methyl/N-ethyl adjacent to an activating group) is 1. The van der Waals surface area contributed by atoms with Gasteiger partial charge in [0.25, 0.3) is 0 Å². The van der Waals surface area contributed by atoms with Gasteiger partial charge in [-0.3, -0.25) is 33.7 Å². The number of amides is 4. The molecule has 3 saturated heterocycles. The molecule has 4 amide bonds. The van der Waals surface area contributed by atoms with Crippen molar-refractivity contribution in [2.24, 2.45) is 17.8 Å². The highest BCUT2D eigenvalue weighted by atomic mass is 35.5. The van der Waals surface area contributed by atoms with Gasteiger partial charge in [-0.1, -0.05) is 42.3 Å². The third-order valence-corrected chi connectivity index (χ3v) is 15.8. The quantitative estimate of drug-likeness (QED) is 0.162. The van der Waals surface area contributed by atoms with Crippen LogP contribution in [0.4, 0.5) is 5.69 Å². The topological polar surface area (TPSA) is 219 Å². The Kier molecular flexibility index (Phi) is 16.6. The van der Waals surface area contributed by atoms with Crippen LogP contribution < -0.4 is 9.64 Å². The Labute approximate surface area is 400 Å². The van der Waals surface area contributed by atoms with Gasteiger partial charge in [0, 0.05) is 58.7 Å². The van der Waals surface area contributed by atoms with Crippen LogP contribution in [0.1, 0.15) is 91.0 Å². The highest BCUT2D eigenvalue weighted by Crippen LogP contribution is 2.50. The molecule has 0 aromatic heterocycles. The molecule has 1 aromatic carbocycles. The van der Waals surface area contributed by atoms with Crippen molar-refractivity contribution in [2.75, 3.05) is 45.5 Å². The maximum absolute atomic E-state index is 14.3. The number of methoxy groups -OCH3 is 2. The van der Waals surface area contributed by atoms with E-state index in [1.54, 1.807) is 45.2 Å². The maximum Gasteiger partial charge on any atom is 0.328 e. The number of allylic oxidation sites excluding steroid dienone is 3. The molecule has 0 radical (unpaired) electrons. The Hall–Kier alpha value is -4.49. The number of carbonyl (C=O) groups excluding carboxylic acids is 6. The number of aliphatic carboxylic acids is 1. The second kappa shape index (κ2) is 21.4. The molecular weight excluding hydrogens is 910 g/mol. The number of fused-ring (bicyclic) bond motifs is 5. The van der Waals surface area contributed by atoms with Crippen LogP contribution >= 0.6 is 23.4 Å². The lowest BCUT2D eigenvalue weighted by Crippen LogP contribution is -2.53. The molecule has 4 aliphatic heterocycles. The SMILES string of the molecule is COc1cc2cc(c1Cl)N(C)C(=O)C[C@H](OC(=O)[C@H](C)N(C)C(=O)CCS[C@H]1CC(=O)N(CC3CCC(C(=O)O)CC3)C1=O)[C@]1(C)O[C@H]1[C@H](C)[C@@H]1C[C@@](O)(CC(=O)O1)[C@H](OC)/C=C/C=C(\C)C2. The lowest BCUT2D eigenvalue weighted by Gasteiger charge is -2.41. The summed E-state index contributed by atoms with van der Waals surface area (Å²) in [5.74, 6) is -4.11. The molecule has 1 aliphatic carbocycles. The number of ether oxygens (including phenoxy) is 5. The molecular formula is C48H64ClN3O14S. The fourth-order valence-electron chi connectivity index (χ4n) is 9.76. The third-order valence-electron chi connectivity index (χ3n) is 14.3. The van der Waals surface area contributed by atoms with E-state index < -0.39 is 88.5 Å². The average molecular weight is 975 g/mol. The summed E-state index contributed by atoms with van der Waals surface area (Å²) in [6, 6.07) is 2.43. The smallest absolute Gasteiger partial charge is 0.328 e. The summed E-state index contributed by atoms with van der Waals surface area (Å²) in [5.41, 5.74) is -0.852. The number of anilines is 1. The van der Waals surface area contributed by atoms with E-state index in [2.05, 4.69) is 0 Å². The molecule has 2 N–H and O–H groups in total. The summed E-state index contributed by atoms with van der Waals surface area (Å²) in [6.07, 6.45) is 3.70. The minimum atomic E-state index is -1.63. The number of carboxylic acids is 1. The summed E-state index contributed by atoms with van der Waals surface area (Å²) in [6.45, 7) is 7.17. The molecule has 1 aromatic rings. The molecule has 67 heavy (non-hydrogen) atoms. The molecule has 5 aliphatic rings. The van der Waals surface area contributed by atoms with E-state index in [-0.39, 0.29) is 67.2 Å². The van der Waals surface area contributed by atoms with Crippen LogP contribution in [0.2, 0.25) is 5.02 Å². The maximum atomic E-state index is 14.3. The van der Waals surface area contributed by atoms with E-state index in [0.717, 1.165) is 11.1 Å². The number of carbonyl (C=O) groups is 7. The van der Waals surface area contributed by atoms with Crippen molar-refractivity contribution in [1.82, 2.24) is 9.80 Å². The standard InChI is InChI=1S/C48H64ClN3O14S/c1-26-10-9-11-36(63-8)48(61)23-34(64-41(56)24-48)27(2)43-47(4,66-43)37(22-39(54)51(6)32-19-30(18-26)20-33(62-7)42(32)49)65-46(60)28(3)50(5)38(53)16-17-67-35-21-40(55)52(44(35)57)25-29-12-14-31(15-13-29)45(58)59/h9-11,19-20,27-29,31,34-37,43,61H,12-18,21-25H2,1-8H3,(H,58,59)/b11-9+,26-10+/t27-,28+,29?,31?,34+,35+,36-,37+,43+,47+,48-/m1/s1. The van der Waals surface area contributed by atoms with E-state index in [9.17, 15) is 43.8 Å². The van der Waals surface area contributed by atoms with Crippen LogP contribution in [-0.4, -0.2) is 149 Å². The Morgan fingerprint density at radius 1 is 1.07 bits per heavy atom. The summed E-state index contributed by atoms with van der Waals surface area (Å²) in [7, 11) is 5.93. The van der Waals surface area contributed by atoms with Gasteiger partial charge in [-0.2, -0.15) is 0 Å². The molecule has 4 bridgehead atoms. The van der Waals surface area contributed by atoms with Gasteiger partial charge < -0.3 is 43.7 Å². The minimum Gasteiger partial charge on any atom is -0.495 e. The van der Waals surface area contributed by atoms with Crippen LogP contribution in [0.5, 0.6) is 5.75 Å². The van der Waals surface area contributed by atoms with Gasteiger partial charge in [0.1, 0.15) is 46.3 Å². The number of benzene rings is 1. The first-order chi connectivity index (χ1) is 31.6. The Morgan fingerprint density at radius 2 is 1.78 bits per heavy atom. The number of aliphatic hydroxyl groups is 1. The highest BCUT2D eigenvalue weighted by Gasteiger charge is 2.64. The molecule has 0 spiro atoms. The molecule has 368 valence electrons. The lowest BCUT2D eigenvalue weighted by molar-refractivity contribution is -0.187. The van der Waals surface area contributed by atoms with Gasteiger partial charge in [0.15, 0.2) is 0 Å². The molecule has 1 saturated carbocycles. The normalized spacial score (nSPS) is 33.2. The van der Waals surface area contributed by atoms with Crippen LogP contribution in [0, 0.1) is 17.8 Å². The van der Waals surface area contributed by atoms with E-state index in [4.69, 9.17) is 35.3 Å². The van der Waals surface area contributed by atoms with Crippen LogP contribution in [-0.2, 0) is 58.9 Å². The van der Waals surface area contributed by atoms with Gasteiger partial charge in [-0.05, 0) is 76.5 Å². The second-order valence-electron chi connectivity index (χ2n) is 18.9. The fraction of sp³-hybridized carbons (Fsp3) is 0.646. The zero-order valence-electron chi connectivity index (χ0n) is 39.5. The number of carboxylic acid groups (broad SMARTS) is 1. The monoisotopic (exact) mass is 973 g/mol. The van der Waals surface area contributed by atoms with Crippen molar-refractivity contribution in [3.8, 4) is 5.75 Å². The first kappa shape index (κ1) is 51.9. The summed E-state index contributed by atoms with van der Waals surface area (Å²) in [4.78, 5) is 96.3. The Morgan fingerprint density at radius 3 is 2.43 bits per heavy atom. The minimum absolute atomic E-state index is 0.00768. The lowest BCUT2D eigenvalue weighted by atomic mass is 9.78. The van der Waals surface area contributed by atoms with E-state index in [0.29, 0.717) is 43.5 Å². The second-order valence-corrected chi connectivity index (χ2v) is 20.6. The van der Waals surface area contributed by atoms with Crippen LogP contribution in [0.15, 0.2) is 35.9 Å². The zero-order valence-corrected chi connectivity index (χ0v) is 41.1. The van der Waals surface area contributed by atoms with Crippen molar-refractivity contribution in [2.45, 2.75) is 139 Å². The zero-order chi connectivity index (χ0) is 49.1. The number of esters is 2. The number of imide groups is 1. The molecule has 19 heteroatoms. The van der Waals surface area contributed by atoms with Crippen molar-refractivity contribution >= 4 is 70.6 Å². The van der Waals surface area contributed by atoms with Gasteiger partial charge in [-0.15, -0.1) is 11.8 Å². The molecule has 4 heterocycles. The van der Waals surface area contributed by atoms with Crippen LogP contribution in [0.25, 0.3) is 0 Å². The highest BCUT2D eigenvalue weighted by molar-refractivity contribution is 8.00. The summed E-state index contributed by atoms with van der Waals surface area (Å²) >= 11 is 8.01. The average Bonchev–Trinajstić information content (AvgIpc) is 3.91. The number of halogens is 1. The molecule has 17 nitrogen and oxygen atoms in total. The van der Waals surface area contributed by atoms with Crippen molar-refractivity contribution in [3.63, 3.8) is 0 Å². The number of rotatable bonds is 12. The van der Waals surface area contributed by atoms with Gasteiger partial charge in [0.05, 0.1) is 42.9 Å². The van der Waals surface area contributed by atoms with Gasteiger partial charge in [-0.25, -0.2) is 4.79 Å². The van der Waals surface area contributed by atoms with Gasteiger partial charge >= 0.3 is 17.9 Å². The van der Waals surface area contributed by atoms with Crippen molar-refractivity contribution in [1.29, 1.82) is 0 Å². The first-order valence-corrected chi connectivity index (χ1v) is 24.3. The van der Waals surface area contributed by atoms with Gasteiger partial charge in [0.2, 0.25) is 23.6 Å². The Bertz CT molecular complexity index is 2160. The van der Waals surface area contributed by atoms with Crippen molar-refractivity contribution in [3.05, 3.63) is 46.5 Å². The number of epoxide rings is 1. The molecule has 9 atom stereocenters. The van der Waals surface area contributed by atoms with E-state index >= 15 is 0 Å². The van der Waals surface area contributed by atoms with E-state index in [1.807, 2.05) is 13.0 Å². The molecule has 6 rings (SSSR count). The van der Waals surface area contributed by atoms with E-state index in [1.165, 1.54) is 54.7 Å². The third kappa shape index (κ3) is 11.7. The number of likely N-dealkylation sites (tertiary alicyclic amines) is 1. The number of hydrogen-bond donors (Lipinski definition) is 2.